The van der Waals surface area contributed by atoms with Crippen molar-refractivity contribution in [3.63, 3.8) is 0 Å². The Labute approximate surface area is 207 Å². The van der Waals surface area contributed by atoms with Gasteiger partial charge in [0.2, 0.25) is 0 Å². The Morgan fingerprint density at radius 3 is 1.94 bits per heavy atom. The lowest BCUT2D eigenvalue weighted by Gasteiger charge is -2.34. The second-order valence-electron chi connectivity index (χ2n) is 11.0. The molecule has 34 heavy (non-hydrogen) atoms. The molecule has 1 atom stereocenters. The Kier molecular flexibility index (Phi) is 8.14. The molecule has 2 aromatic carbocycles. The molecule has 0 amide bonds. The van der Waals surface area contributed by atoms with Crippen molar-refractivity contribution in [3.05, 3.63) is 82.1 Å². The molecular weight excluding hydrogens is 416 g/mol. The monoisotopic (exact) mass is 460 g/mol. The fourth-order valence-corrected chi connectivity index (χ4v) is 5.18. The van der Waals surface area contributed by atoms with Crippen LogP contribution in [0.2, 0.25) is 0 Å². The zero-order valence-electron chi connectivity index (χ0n) is 22.6. The predicted octanol–water partition coefficient (Wildman–Crippen LogP) is 8.57. The topological polar surface area (TPSA) is 33.4 Å². The third-order valence-corrected chi connectivity index (χ3v) is 7.84. The molecule has 2 heteroatoms. The molecule has 2 nitrogen and oxygen atoms in total. The van der Waals surface area contributed by atoms with E-state index in [1.807, 2.05) is 0 Å². The maximum atomic E-state index is 10.5. The zero-order chi connectivity index (χ0) is 25.1. The third-order valence-electron chi connectivity index (χ3n) is 7.84. The molecule has 3 rings (SSSR count). The van der Waals surface area contributed by atoms with Crippen LogP contribution in [0.3, 0.4) is 0 Å². The summed E-state index contributed by atoms with van der Waals surface area (Å²) >= 11 is 0. The molecule has 0 aliphatic heterocycles. The Morgan fingerprint density at radius 1 is 0.824 bits per heavy atom. The minimum Gasteiger partial charge on any atom is -0.461 e. The fraction of sp³-hybridized carbons (Fsp3) is 0.500. The van der Waals surface area contributed by atoms with Crippen molar-refractivity contribution in [2.45, 2.75) is 99.0 Å². The van der Waals surface area contributed by atoms with Gasteiger partial charge in [-0.25, -0.2) is 0 Å². The smallest absolute Gasteiger partial charge is 0.134 e. The summed E-state index contributed by atoms with van der Waals surface area (Å²) in [7, 11) is 0. The van der Waals surface area contributed by atoms with Crippen molar-refractivity contribution in [3.8, 4) is 11.3 Å². The van der Waals surface area contributed by atoms with Gasteiger partial charge in [-0.2, -0.15) is 0 Å². The molecule has 1 heterocycles. The lowest BCUT2D eigenvalue weighted by atomic mass is 9.69. The predicted molar refractivity (Wildman–Crippen MR) is 145 cm³/mol. The second kappa shape index (κ2) is 10.5. The van der Waals surface area contributed by atoms with E-state index in [4.69, 9.17) is 4.42 Å². The number of aliphatic hydroxyl groups excluding tert-OH is 1. The van der Waals surface area contributed by atoms with Gasteiger partial charge in [-0.05, 0) is 84.9 Å². The number of rotatable bonds is 9. The first kappa shape index (κ1) is 26.3. The molecule has 1 unspecified atom stereocenters. The summed E-state index contributed by atoms with van der Waals surface area (Å²) in [4.78, 5) is 0. The molecule has 0 aliphatic rings. The SMILES string of the molecule is CCc1ccc(-c2ccc(C(CC)(CC)c3ccc(CCC(O)C(C)(C)C)c(C)c3)cc2C)o1. The van der Waals surface area contributed by atoms with Crippen LogP contribution in [0.1, 0.15) is 94.4 Å². The molecule has 0 fully saturated rings. The van der Waals surface area contributed by atoms with E-state index in [9.17, 15) is 5.11 Å². The summed E-state index contributed by atoms with van der Waals surface area (Å²) in [6, 6.07) is 18.1. The molecule has 0 saturated heterocycles. The molecule has 1 aromatic heterocycles. The lowest BCUT2D eigenvalue weighted by molar-refractivity contribution is 0.0560. The number of aliphatic hydroxyl groups is 1. The van der Waals surface area contributed by atoms with Crippen molar-refractivity contribution < 1.29 is 9.52 Å². The van der Waals surface area contributed by atoms with E-state index < -0.39 is 0 Å². The van der Waals surface area contributed by atoms with Crippen molar-refractivity contribution in [2.24, 2.45) is 5.41 Å². The van der Waals surface area contributed by atoms with Crippen LogP contribution in [-0.4, -0.2) is 11.2 Å². The molecule has 0 aliphatic carbocycles. The minimum absolute atomic E-state index is 0.0186. The molecule has 3 aromatic rings. The van der Waals surface area contributed by atoms with Crippen LogP contribution >= 0.6 is 0 Å². The van der Waals surface area contributed by atoms with E-state index in [0.29, 0.717) is 0 Å². The first-order chi connectivity index (χ1) is 16.1. The van der Waals surface area contributed by atoms with Gasteiger partial charge in [0.25, 0.3) is 0 Å². The summed E-state index contributed by atoms with van der Waals surface area (Å²) < 4.78 is 6.03. The number of benzene rings is 2. The van der Waals surface area contributed by atoms with Crippen molar-refractivity contribution in [1.29, 1.82) is 0 Å². The molecule has 0 saturated carbocycles. The fourth-order valence-electron chi connectivity index (χ4n) is 5.18. The van der Waals surface area contributed by atoms with Gasteiger partial charge in [0.1, 0.15) is 11.5 Å². The van der Waals surface area contributed by atoms with Crippen LogP contribution in [0.25, 0.3) is 11.3 Å². The normalized spacial score (nSPS) is 13.3. The highest BCUT2D eigenvalue weighted by Gasteiger charge is 2.31. The van der Waals surface area contributed by atoms with Crippen LogP contribution in [0, 0.1) is 19.3 Å². The number of hydrogen-bond acceptors (Lipinski definition) is 2. The molecule has 1 N–H and O–H groups in total. The highest BCUT2D eigenvalue weighted by Crippen LogP contribution is 2.41. The minimum atomic E-state index is -0.291. The van der Waals surface area contributed by atoms with Crippen molar-refractivity contribution in [1.82, 2.24) is 0 Å². The first-order valence-corrected chi connectivity index (χ1v) is 13.0. The van der Waals surface area contributed by atoms with Gasteiger partial charge in [-0.1, -0.05) is 77.9 Å². The quantitative estimate of drug-likeness (QED) is 0.347. The molecule has 0 radical (unpaired) electrons. The van der Waals surface area contributed by atoms with Gasteiger partial charge >= 0.3 is 0 Å². The molecular formula is C32H44O2. The maximum Gasteiger partial charge on any atom is 0.134 e. The first-order valence-electron chi connectivity index (χ1n) is 13.0. The third kappa shape index (κ3) is 5.33. The summed E-state index contributed by atoms with van der Waals surface area (Å²) in [5.41, 5.74) is 7.74. The number of furan rings is 1. The summed E-state index contributed by atoms with van der Waals surface area (Å²) in [5, 5.41) is 10.5. The van der Waals surface area contributed by atoms with Crippen LogP contribution in [-0.2, 0) is 18.3 Å². The highest BCUT2D eigenvalue weighted by atomic mass is 16.3. The summed E-state index contributed by atoms with van der Waals surface area (Å²) in [6.45, 7) is 17.4. The zero-order valence-corrected chi connectivity index (χ0v) is 22.6. The summed E-state index contributed by atoms with van der Waals surface area (Å²) in [5.74, 6) is 1.98. The average Bonchev–Trinajstić information content (AvgIpc) is 3.28. The standard InChI is InChI=1S/C32H44O2/c1-9-27-16-18-29(34-27)28-17-15-26(21-23(28)5)32(10-2,11-3)25-14-12-24(22(4)20-25)13-19-30(33)31(6,7)8/h12,14-18,20-21,30,33H,9-11,13,19H2,1-8H3. The van der Waals surface area contributed by atoms with Crippen LogP contribution in [0.4, 0.5) is 0 Å². The maximum absolute atomic E-state index is 10.5. The van der Waals surface area contributed by atoms with E-state index >= 15 is 0 Å². The van der Waals surface area contributed by atoms with Crippen molar-refractivity contribution >= 4 is 0 Å². The molecule has 0 bridgehead atoms. The van der Waals surface area contributed by atoms with Gasteiger partial charge in [0, 0.05) is 17.4 Å². The second-order valence-corrected chi connectivity index (χ2v) is 11.0. The van der Waals surface area contributed by atoms with E-state index in [0.717, 1.165) is 43.6 Å². The van der Waals surface area contributed by atoms with Crippen LogP contribution in [0.5, 0.6) is 0 Å². The van der Waals surface area contributed by atoms with E-state index in [-0.39, 0.29) is 16.9 Å². The number of hydrogen-bond donors (Lipinski definition) is 1. The van der Waals surface area contributed by atoms with E-state index in [1.54, 1.807) is 0 Å². The van der Waals surface area contributed by atoms with Crippen LogP contribution in [0.15, 0.2) is 52.9 Å². The Bertz CT molecular complexity index is 1090. The van der Waals surface area contributed by atoms with Crippen LogP contribution < -0.4 is 0 Å². The van der Waals surface area contributed by atoms with Gasteiger partial charge in [-0.3, -0.25) is 0 Å². The molecule has 184 valence electrons. The van der Waals surface area contributed by atoms with E-state index in [2.05, 4.69) is 104 Å². The van der Waals surface area contributed by atoms with Gasteiger partial charge in [0.15, 0.2) is 0 Å². The Morgan fingerprint density at radius 2 is 1.44 bits per heavy atom. The van der Waals surface area contributed by atoms with Gasteiger partial charge in [-0.15, -0.1) is 0 Å². The average molecular weight is 461 g/mol. The Balaban J connectivity index is 1.92. The Hall–Kier alpha value is -2.32. The lowest BCUT2D eigenvalue weighted by Crippen LogP contribution is -2.27. The van der Waals surface area contributed by atoms with Gasteiger partial charge in [0.05, 0.1) is 6.10 Å². The summed E-state index contributed by atoms with van der Waals surface area (Å²) in [6.07, 6.45) is 4.42. The largest absolute Gasteiger partial charge is 0.461 e. The van der Waals surface area contributed by atoms with Crippen molar-refractivity contribution in [2.75, 3.05) is 0 Å². The van der Waals surface area contributed by atoms with E-state index in [1.165, 1.54) is 33.4 Å². The molecule has 0 spiro atoms. The highest BCUT2D eigenvalue weighted by molar-refractivity contribution is 5.63. The van der Waals surface area contributed by atoms with Gasteiger partial charge < -0.3 is 9.52 Å². The number of aryl methyl sites for hydroxylation is 4.